The van der Waals surface area contributed by atoms with Crippen molar-refractivity contribution in [2.24, 2.45) is 0 Å². The van der Waals surface area contributed by atoms with Crippen molar-refractivity contribution in [3.05, 3.63) is 36.5 Å². The molecule has 0 radical (unpaired) electrons. The van der Waals surface area contributed by atoms with E-state index in [9.17, 15) is 40.5 Å². The topological polar surface area (TPSA) is 214 Å². The van der Waals surface area contributed by atoms with Crippen LogP contribution in [-0.2, 0) is 33.2 Å². The molecule has 2 heterocycles. The lowest BCUT2D eigenvalue weighted by atomic mass is 9.98. The standard InChI is InChI=1S/C60H110O14/c1-3-5-7-9-11-13-15-17-19-21-23-24-25-27-29-31-33-35-37-39-41-43-52(62)72-49(46-69-44-42-40-38-36-34-32-30-28-26-22-20-18-16-14-12-10-8-6-4-2)47-70-59-58(68)56(66)54(64)51(74-59)48-71-60-57(67)55(65)53(63)50(45-61)73-60/h15,17,20-23,49-51,53-61,63-68H,3-14,16,18-19,24-48H2,1-2H3/b17-15-,22-20-,23-21-. The van der Waals surface area contributed by atoms with Crippen molar-refractivity contribution in [1.29, 1.82) is 0 Å². The third kappa shape index (κ3) is 33.5. The van der Waals surface area contributed by atoms with Gasteiger partial charge in [-0.1, -0.05) is 198 Å². The molecule has 0 amide bonds. The largest absolute Gasteiger partial charge is 0.457 e. The predicted molar refractivity (Wildman–Crippen MR) is 293 cm³/mol. The fourth-order valence-electron chi connectivity index (χ4n) is 9.49. The van der Waals surface area contributed by atoms with Crippen molar-refractivity contribution in [3.63, 3.8) is 0 Å². The first kappa shape index (κ1) is 68.3. The smallest absolute Gasteiger partial charge is 0.306 e. The summed E-state index contributed by atoms with van der Waals surface area (Å²) in [6.07, 6.45) is 39.1. The molecule has 11 unspecified atom stereocenters. The summed E-state index contributed by atoms with van der Waals surface area (Å²) in [6.45, 7) is 3.70. The van der Waals surface area contributed by atoms with Gasteiger partial charge in [-0.2, -0.15) is 0 Å². The number of aliphatic hydroxyl groups is 7. The average molecular weight is 1060 g/mol. The lowest BCUT2D eigenvalue weighted by molar-refractivity contribution is -0.332. The van der Waals surface area contributed by atoms with E-state index in [-0.39, 0.29) is 25.6 Å². The summed E-state index contributed by atoms with van der Waals surface area (Å²) in [4.78, 5) is 13.1. The van der Waals surface area contributed by atoms with Crippen LogP contribution in [0.5, 0.6) is 0 Å². The Morgan fingerprint density at radius 2 is 0.838 bits per heavy atom. The van der Waals surface area contributed by atoms with Gasteiger partial charge in [0.1, 0.15) is 54.9 Å². The zero-order valence-electron chi connectivity index (χ0n) is 46.6. The monoisotopic (exact) mass is 1050 g/mol. The lowest BCUT2D eigenvalue weighted by Crippen LogP contribution is -2.61. The summed E-state index contributed by atoms with van der Waals surface area (Å²) in [5, 5.41) is 72.4. The van der Waals surface area contributed by atoms with Gasteiger partial charge in [0.15, 0.2) is 12.6 Å². The van der Waals surface area contributed by atoms with E-state index in [1.54, 1.807) is 0 Å². The van der Waals surface area contributed by atoms with Crippen LogP contribution in [0, 0.1) is 0 Å². The molecule has 0 saturated carbocycles. The summed E-state index contributed by atoms with van der Waals surface area (Å²) in [5.41, 5.74) is 0. The average Bonchev–Trinajstić information content (AvgIpc) is 3.40. The minimum absolute atomic E-state index is 0.0593. The van der Waals surface area contributed by atoms with Crippen LogP contribution in [-0.4, -0.2) is 142 Å². The van der Waals surface area contributed by atoms with E-state index >= 15 is 0 Å². The number of aliphatic hydroxyl groups excluding tert-OH is 7. The predicted octanol–water partition coefficient (Wildman–Crippen LogP) is 10.9. The van der Waals surface area contributed by atoms with Gasteiger partial charge in [-0.25, -0.2) is 0 Å². The van der Waals surface area contributed by atoms with Crippen molar-refractivity contribution in [2.75, 3.05) is 33.0 Å². The molecule has 7 N–H and O–H groups in total. The van der Waals surface area contributed by atoms with Crippen LogP contribution < -0.4 is 0 Å². The number of carbonyl (C=O) groups excluding carboxylic acids is 1. The molecule has 2 rings (SSSR count). The molecule has 0 aromatic rings. The van der Waals surface area contributed by atoms with Crippen LogP contribution in [0.1, 0.15) is 239 Å². The number of allylic oxidation sites excluding steroid dienone is 6. The van der Waals surface area contributed by atoms with E-state index in [0.29, 0.717) is 13.0 Å². The van der Waals surface area contributed by atoms with Gasteiger partial charge in [0.05, 0.1) is 26.4 Å². The molecule has 2 aliphatic rings. The maximum Gasteiger partial charge on any atom is 0.306 e. The second-order valence-electron chi connectivity index (χ2n) is 21.2. The highest BCUT2D eigenvalue weighted by Crippen LogP contribution is 2.27. The van der Waals surface area contributed by atoms with E-state index in [4.69, 9.17) is 28.4 Å². The van der Waals surface area contributed by atoms with Crippen LogP contribution in [0.2, 0.25) is 0 Å². The molecule has 2 aliphatic heterocycles. The van der Waals surface area contributed by atoms with Crippen molar-refractivity contribution in [3.8, 4) is 0 Å². The summed E-state index contributed by atoms with van der Waals surface area (Å²) in [6, 6.07) is 0. The first-order valence-corrected chi connectivity index (χ1v) is 30.1. The maximum absolute atomic E-state index is 13.1. The second kappa shape index (κ2) is 47.2. The van der Waals surface area contributed by atoms with Gasteiger partial charge in [0.25, 0.3) is 0 Å². The molecule has 0 aromatic heterocycles. The molecule has 0 bridgehead atoms. The molecule has 0 aromatic carbocycles. The third-order valence-corrected chi connectivity index (χ3v) is 14.4. The van der Waals surface area contributed by atoms with Gasteiger partial charge in [-0.05, 0) is 70.6 Å². The van der Waals surface area contributed by atoms with E-state index in [2.05, 4.69) is 50.3 Å². The van der Waals surface area contributed by atoms with Crippen LogP contribution in [0.4, 0.5) is 0 Å². The van der Waals surface area contributed by atoms with Crippen LogP contribution >= 0.6 is 0 Å². The highest BCUT2D eigenvalue weighted by molar-refractivity contribution is 5.69. The summed E-state index contributed by atoms with van der Waals surface area (Å²) in [5.74, 6) is -0.379. The molecular weight excluding hydrogens is 945 g/mol. The SMILES string of the molecule is CCCCCCC/C=C\C/C=C\CCCCCCCCCCCC(=O)OC(COCCCCCCCCCC/C=C\CCCCCCCCC)COC1OC(COC2OC(CO)C(O)C(O)C2O)C(O)C(O)C1O. The Labute approximate surface area is 449 Å². The Morgan fingerprint density at radius 1 is 0.446 bits per heavy atom. The number of esters is 1. The lowest BCUT2D eigenvalue weighted by Gasteiger charge is -2.42. The third-order valence-electron chi connectivity index (χ3n) is 14.4. The van der Waals surface area contributed by atoms with Crippen LogP contribution in [0.15, 0.2) is 36.5 Å². The minimum Gasteiger partial charge on any atom is -0.457 e. The van der Waals surface area contributed by atoms with Gasteiger partial charge in [0, 0.05) is 13.0 Å². The molecule has 14 nitrogen and oxygen atoms in total. The van der Waals surface area contributed by atoms with Gasteiger partial charge in [0.2, 0.25) is 0 Å². The van der Waals surface area contributed by atoms with Crippen molar-refractivity contribution in [1.82, 2.24) is 0 Å². The van der Waals surface area contributed by atoms with Gasteiger partial charge < -0.3 is 64.2 Å². The molecular formula is C60H110O14. The molecule has 434 valence electrons. The summed E-state index contributed by atoms with van der Waals surface area (Å²) < 4.78 is 34.4. The summed E-state index contributed by atoms with van der Waals surface area (Å²) in [7, 11) is 0. The van der Waals surface area contributed by atoms with E-state index < -0.39 is 80.7 Å². The minimum atomic E-state index is -1.71. The molecule has 74 heavy (non-hydrogen) atoms. The van der Waals surface area contributed by atoms with Gasteiger partial charge in [-0.15, -0.1) is 0 Å². The zero-order valence-corrected chi connectivity index (χ0v) is 46.6. The van der Waals surface area contributed by atoms with Crippen LogP contribution in [0.3, 0.4) is 0 Å². The number of ether oxygens (including phenoxy) is 6. The normalized spacial score (nSPS) is 25.0. The Morgan fingerprint density at radius 3 is 1.31 bits per heavy atom. The van der Waals surface area contributed by atoms with Crippen molar-refractivity contribution in [2.45, 2.75) is 306 Å². The molecule has 0 aliphatic carbocycles. The number of unbranched alkanes of at least 4 members (excludes halogenated alkanes) is 29. The number of carbonyl (C=O) groups is 1. The number of hydrogen-bond acceptors (Lipinski definition) is 14. The Hall–Kier alpha value is -1.79. The van der Waals surface area contributed by atoms with Crippen LogP contribution in [0.25, 0.3) is 0 Å². The van der Waals surface area contributed by atoms with E-state index in [1.807, 2.05) is 0 Å². The second-order valence-corrected chi connectivity index (χ2v) is 21.2. The Bertz CT molecular complexity index is 1360. The molecule has 2 saturated heterocycles. The van der Waals surface area contributed by atoms with E-state index in [1.165, 1.54) is 161 Å². The highest BCUT2D eigenvalue weighted by Gasteiger charge is 2.47. The first-order chi connectivity index (χ1) is 36.1. The van der Waals surface area contributed by atoms with Crippen molar-refractivity contribution < 1.29 is 69.0 Å². The number of hydrogen-bond donors (Lipinski definition) is 7. The Kier molecular flexibility index (Phi) is 43.6. The van der Waals surface area contributed by atoms with Crippen molar-refractivity contribution >= 4 is 5.97 Å². The molecule has 11 atom stereocenters. The first-order valence-electron chi connectivity index (χ1n) is 30.1. The Balaban J connectivity index is 1.71. The van der Waals surface area contributed by atoms with Gasteiger partial charge in [-0.3, -0.25) is 4.79 Å². The van der Waals surface area contributed by atoms with Gasteiger partial charge >= 0.3 is 5.97 Å². The molecule has 2 fully saturated rings. The summed E-state index contributed by atoms with van der Waals surface area (Å²) >= 11 is 0. The molecule has 0 spiro atoms. The zero-order chi connectivity index (χ0) is 53.7. The molecule has 14 heteroatoms. The fourth-order valence-corrected chi connectivity index (χ4v) is 9.49. The van der Waals surface area contributed by atoms with E-state index in [0.717, 1.165) is 51.4 Å². The fraction of sp³-hybridized carbons (Fsp3) is 0.883. The highest BCUT2D eigenvalue weighted by atomic mass is 16.7. The maximum atomic E-state index is 13.1. The number of rotatable bonds is 49. The quantitative estimate of drug-likeness (QED) is 0.0172.